The van der Waals surface area contributed by atoms with Crippen LogP contribution in [0.2, 0.25) is 0 Å². The molecule has 1 aromatic carbocycles. The molecule has 8 nitrogen and oxygen atoms in total. The Morgan fingerprint density at radius 1 is 1.08 bits per heavy atom. The van der Waals surface area contributed by atoms with Crippen LogP contribution in [0.4, 0.5) is 30.6 Å². The summed E-state index contributed by atoms with van der Waals surface area (Å²) in [5.41, 5.74) is 0.221. The maximum atomic E-state index is 14.7. The molecule has 0 atom stereocenters. The van der Waals surface area contributed by atoms with Crippen molar-refractivity contribution >= 4 is 17.5 Å². The highest BCUT2D eigenvalue weighted by atomic mass is 19.3. The average Bonchev–Trinajstić information content (AvgIpc) is 3.36. The first-order valence-electron chi connectivity index (χ1n) is 13.1. The van der Waals surface area contributed by atoms with Crippen LogP contribution in [-0.2, 0) is 6.54 Å². The highest BCUT2D eigenvalue weighted by Gasteiger charge is 2.43. The van der Waals surface area contributed by atoms with Gasteiger partial charge < -0.3 is 24.7 Å². The molecular formula is C28H37F3N6O2. The van der Waals surface area contributed by atoms with E-state index in [2.05, 4.69) is 60.2 Å². The second-order valence-electron chi connectivity index (χ2n) is 11.1. The van der Waals surface area contributed by atoms with Crippen LogP contribution in [0.1, 0.15) is 47.0 Å². The Hall–Kier alpha value is -3.47. The van der Waals surface area contributed by atoms with Gasteiger partial charge >= 0.3 is 6.61 Å². The largest absolute Gasteiger partial charge is 0.490 e. The molecule has 3 heterocycles. The van der Waals surface area contributed by atoms with Crippen LogP contribution in [0, 0.1) is 5.82 Å². The topological polar surface area (TPSA) is 76.5 Å². The molecule has 3 aromatic rings. The van der Waals surface area contributed by atoms with Gasteiger partial charge in [-0.15, -0.1) is 0 Å². The minimum Gasteiger partial charge on any atom is -0.490 e. The number of anilines is 3. The van der Waals surface area contributed by atoms with E-state index in [1.54, 1.807) is 12.1 Å². The number of rotatable bonds is 11. The lowest BCUT2D eigenvalue weighted by atomic mass is 9.77. The molecule has 39 heavy (non-hydrogen) atoms. The number of piperidine rings is 1. The summed E-state index contributed by atoms with van der Waals surface area (Å²) in [5.74, 6) is -0.287. The number of hydrogen-bond acceptors (Lipinski definition) is 7. The summed E-state index contributed by atoms with van der Waals surface area (Å²) in [4.78, 5) is 10.7. The van der Waals surface area contributed by atoms with Gasteiger partial charge in [-0.3, -0.25) is 4.90 Å². The van der Waals surface area contributed by atoms with Gasteiger partial charge in [-0.25, -0.2) is 9.37 Å². The fraction of sp³-hybridized carbons (Fsp3) is 0.500. The van der Waals surface area contributed by atoms with Crippen molar-refractivity contribution in [1.82, 2.24) is 19.4 Å². The van der Waals surface area contributed by atoms with Crippen LogP contribution >= 0.6 is 0 Å². The number of ether oxygens (including phenoxy) is 2. The molecule has 2 N–H and O–H groups in total. The molecule has 1 aliphatic heterocycles. The van der Waals surface area contributed by atoms with E-state index in [-0.39, 0.29) is 40.4 Å². The lowest BCUT2D eigenvalue weighted by Gasteiger charge is -2.53. The van der Waals surface area contributed by atoms with Gasteiger partial charge in [0.1, 0.15) is 0 Å². The fourth-order valence-electron chi connectivity index (χ4n) is 5.17. The van der Waals surface area contributed by atoms with Crippen LogP contribution < -0.4 is 20.1 Å². The Bertz CT molecular complexity index is 1220. The van der Waals surface area contributed by atoms with Gasteiger partial charge in [-0.05, 0) is 78.3 Å². The van der Waals surface area contributed by atoms with Gasteiger partial charge in [-0.1, -0.05) is 0 Å². The molecule has 0 bridgehead atoms. The molecule has 212 valence electrons. The van der Waals surface area contributed by atoms with E-state index in [0.717, 1.165) is 25.6 Å². The summed E-state index contributed by atoms with van der Waals surface area (Å²) in [6, 6.07) is 8.43. The standard InChI is InChI=1S/C28H37F3N6O2/c1-27(2)16-20(17-28(3,4)36(27)5)33-24-21(29)18-32-26(35-24)34-19-9-10-22(23(15-19)39-25(30)31)38-14-8-13-37-11-6-7-12-37/h6-7,9-12,15,18,20,25H,8,13-14,16-17H2,1-5H3,(H2,32,33,34,35). The highest BCUT2D eigenvalue weighted by Crippen LogP contribution is 2.38. The average molecular weight is 547 g/mol. The SMILES string of the molecule is CN1C(C)(C)CC(Nc2nc(Nc3ccc(OCCCn4cccc4)c(OC(F)F)c3)ncc2F)CC1(C)C. The van der Waals surface area contributed by atoms with Crippen molar-refractivity contribution in [1.29, 1.82) is 0 Å². The first-order chi connectivity index (χ1) is 18.4. The third kappa shape index (κ3) is 7.35. The van der Waals surface area contributed by atoms with Crippen molar-refractivity contribution in [2.45, 2.75) is 77.2 Å². The number of nitrogens with one attached hydrogen (secondary N) is 2. The molecular weight excluding hydrogens is 509 g/mol. The van der Waals surface area contributed by atoms with Gasteiger partial charge in [0.2, 0.25) is 5.95 Å². The third-order valence-electron chi connectivity index (χ3n) is 7.29. The zero-order valence-corrected chi connectivity index (χ0v) is 23.0. The van der Waals surface area contributed by atoms with Crippen molar-refractivity contribution in [2.24, 2.45) is 0 Å². The minimum absolute atomic E-state index is 0.00318. The maximum Gasteiger partial charge on any atom is 0.387 e. The summed E-state index contributed by atoms with van der Waals surface area (Å²) in [5, 5.41) is 6.21. The first-order valence-corrected chi connectivity index (χ1v) is 13.1. The zero-order valence-electron chi connectivity index (χ0n) is 23.0. The molecule has 1 aliphatic rings. The van der Waals surface area contributed by atoms with Gasteiger partial charge in [0.25, 0.3) is 0 Å². The second kappa shape index (κ2) is 11.7. The van der Waals surface area contributed by atoms with Crippen LogP contribution in [0.25, 0.3) is 0 Å². The number of likely N-dealkylation sites (tertiary alicyclic amines) is 1. The Kier molecular flexibility index (Phi) is 8.58. The summed E-state index contributed by atoms with van der Waals surface area (Å²) in [7, 11) is 2.11. The van der Waals surface area contributed by atoms with Crippen LogP contribution in [0.3, 0.4) is 0 Å². The number of alkyl halides is 2. The van der Waals surface area contributed by atoms with E-state index < -0.39 is 12.4 Å². The number of aryl methyl sites for hydroxylation is 1. The quantitative estimate of drug-likeness (QED) is 0.274. The number of halogens is 3. The van der Waals surface area contributed by atoms with Gasteiger partial charge in [0.15, 0.2) is 23.1 Å². The van der Waals surface area contributed by atoms with Crippen molar-refractivity contribution in [3.05, 3.63) is 54.7 Å². The molecule has 0 amide bonds. The Balaban J connectivity index is 1.44. The smallest absolute Gasteiger partial charge is 0.387 e. The minimum atomic E-state index is -3.02. The highest BCUT2D eigenvalue weighted by molar-refractivity contribution is 5.60. The molecule has 11 heteroatoms. The third-order valence-corrected chi connectivity index (χ3v) is 7.29. The molecule has 0 radical (unpaired) electrons. The van der Waals surface area contributed by atoms with Crippen molar-refractivity contribution in [3.8, 4) is 11.5 Å². The Morgan fingerprint density at radius 3 is 2.44 bits per heavy atom. The molecule has 0 saturated carbocycles. The second-order valence-corrected chi connectivity index (χ2v) is 11.1. The monoisotopic (exact) mass is 546 g/mol. The lowest BCUT2D eigenvalue weighted by molar-refractivity contribution is -0.0514. The van der Waals surface area contributed by atoms with Gasteiger partial charge in [0, 0.05) is 47.8 Å². The predicted octanol–water partition coefficient (Wildman–Crippen LogP) is 6.29. The van der Waals surface area contributed by atoms with Gasteiger partial charge in [-0.2, -0.15) is 13.8 Å². The summed E-state index contributed by atoms with van der Waals surface area (Å²) >= 11 is 0. The van der Waals surface area contributed by atoms with Crippen molar-refractivity contribution < 1.29 is 22.6 Å². The fourth-order valence-corrected chi connectivity index (χ4v) is 5.17. The van der Waals surface area contributed by atoms with E-state index in [1.165, 1.54) is 6.07 Å². The van der Waals surface area contributed by atoms with Crippen LogP contribution in [0.5, 0.6) is 11.5 Å². The number of hydrogen-bond donors (Lipinski definition) is 2. The Morgan fingerprint density at radius 2 is 1.77 bits per heavy atom. The molecule has 4 rings (SSSR count). The molecule has 1 saturated heterocycles. The number of aromatic nitrogens is 3. The molecule has 0 aliphatic carbocycles. The van der Waals surface area contributed by atoms with Gasteiger partial charge in [0.05, 0.1) is 12.8 Å². The predicted molar refractivity (Wildman–Crippen MR) is 145 cm³/mol. The first kappa shape index (κ1) is 28.5. The summed E-state index contributed by atoms with van der Waals surface area (Å²) in [6.07, 6.45) is 7.27. The number of nitrogens with zero attached hydrogens (tertiary/aromatic N) is 4. The van der Waals surface area contributed by atoms with Crippen LogP contribution in [-0.4, -0.2) is 56.8 Å². The van der Waals surface area contributed by atoms with E-state index in [9.17, 15) is 13.2 Å². The molecule has 2 aromatic heterocycles. The van der Waals surface area contributed by atoms with E-state index in [4.69, 9.17) is 9.47 Å². The zero-order chi connectivity index (χ0) is 28.2. The molecule has 1 fully saturated rings. The van der Waals surface area contributed by atoms with Crippen molar-refractivity contribution in [3.63, 3.8) is 0 Å². The normalized spacial score (nSPS) is 17.3. The number of benzene rings is 1. The molecule has 0 spiro atoms. The maximum absolute atomic E-state index is 14.7. The van der Waals surface area contributed by atoms with E-state index >= 15 is 0 Å². The van der Waals surface area contributed by atoms with Crippen molar-refractivity contribution in [2.75, 3.05) is 24.3 Å². The lowest BCUT2D eigenvalue weighted by Crippen LogP contribution is -2.61. The molecule has 0 unspecified atom stereocenters. The Labute approximate surface area is 227 Å². The van der Waals surface area contributed by atoms with Crippen LogP contribution in [0.15, 0.2) is 48.9 Å². The van der Waals surface area contributed by atoms with E-state index in [0.29, 0.717) is 18.7 Å². The summed E-state index contributed by atoms with van der Waals surface area (Å²) in [6.45, 7) is 6.71. The van der Waals surface area contributed by atoms with E-state index in [1.807, 2.05) is 29.1 Å². The summed E-state index contributed by atoms with van der Waals surface area (Å²) < 4.78 is 53.3.